The molecule has 4 heteroatoms. The molecule has 2 fully saturated rings. The zero-order valence-corrected chi connectivity index (χ0v) is 12.9. The van der Waals surface area contributed by atoms with Crippen LogP contribution in [0.15, 0.2) is 0 Å². The van der Waals surface area contributed by atoms with E-state index >= 15 is 0 Å². The van der Waals surface area contributed by atoms with E-state index in [0.717, 1.165) is 25.8 Å². The molecule has 1 aliphatic heterocycles. The average Bonchev–Trinajstić information content (AvgIpc) is 2.92. The summed E-state index contributed by atoms with van der Waals surface area (Å²) in [5.41, 5.74) is -0.0271. The van der Waals surface area contributed by atoms with Crippen molar-refractivity contribution in [3.63, 3.8) is 0 Å². The summed E-state index contributed by atoms with van der Waals surface area (Å²) in [5, 5.41) is 12.6. The fraction of sp³-hybridized carbons (Fsp3) is 0.938. The molecule has 1 aliphatic carbocycles. The van der Waals surface area contributed by atoms with Crippen LogP contribution in [0, 0.1) is 11.3 Å². The quantitative estimate of drug-likeness (QED) is 0.781. The Balaban J connectivity index is 1.65. The van der Waals surface area contributed by atoms with Crippen LogP contribution in [0.4, 0.5) is 0 Å². The summed E-state index contributed by atoms with van der Waals surface area (Å²) in [6.07, 6.45) is 8.64. The molecule has 0 aromatic carbocycles. The van der Waals surface area contributed by atoms with E-state index in [4.69, 9.17) is 0 Å². The van der Waals surface area contributed by atoms with Crippen molar-refractivity contribution in [3.8, 4) is 0 Å². The lowest BCUT2D eigenvalue weighted by Crippen LogP contribution is -2.38. The van der Waals surface area contributed by atoms with Crippen molar-refractivity contribution in [2.75, 3.05) is 33.3 Å². The molecule has 0 bridgehead atoms. The van der Waals surface area contributed by atoms with Gasteiger partial charge in [0.1, 0.15) is 0 Å². The molecule has 1 amide bonds. The van der Waals surface area contributed by atoms with Crippen molar-refractivity contribution < 1.29 is 9.90 Å². The number of hydrogen-bond donors (Lipinski definition) is 2. The van der Waals surface area contributed by atoms with Gasteiger partial charge < -0.3 is 15.3 Å². The number of piperidine rings is 1. The number of carbonyl (C=O) groups excluding carboxylic acids is 1. The van der Waals surface area contributed by atoms with Gasteiger partial charge in [-0.05, 0) is 51.6 Å². The van der Waals surface area contributed by atoms with E-state index in [9.17, 15) is 9.90 Å². The van der Waals surface area contributed by atoms with Gasteiger partial charge in [0.2, 0.25) is 5.91 Å². The summed E-state index contributed by atoms with van der Waals surface area (Å²) >= 11 is 0. The van der Waals surface area contributed by atoms with Crippen molar-refractivity contribution in [1.82, 2.24) is 10.2 Å². The van der Waals surface area contributed by atoms with Gasteiger partial charge in [-0.2, -0.15) is 0 Å². The summed E-state index contributed by atoms with van der Waals surface area (Å²) in [5.74, 6) is 0.843. The summed E-state index contributed by atoms with van der Waals surface area (Å²) in [4.78, 5) is 14.3. The van der Waals surface area contributed by atoms with E-state index < -0.39 is 0 Å². The van der Waals surface area contributed by atoms with Gasteiger partial charge in [0.05, 0.1) is 6.61 Å². The van der Waals surface area contributed by atoms with Gasteiger partial charge in [-0.15, -0.1) is 0 Å². The molecule has 0 aromatic heterocycles. The third-order valence-corrected chi connectivity index (χ3v) is 5.16. The van der Waals surface area contributed by atoms with E-state index in [0.29, 0.717) is 18.9 Å². The average molecular weight is 282 g/mol. The number of likely N-dealkylation sites (tertiary alicyclic amines) is 1. The number of rotatable bonds is 6. The maximum Gasteiger partial charge on any atom is 0.220 e. The molecule has 2 aliphatic rings. The molecule has 2 N–H and O–H groups in total. The van der Waals surface area contributed by atoms with Gasteiger partial charge >= 0.3 is 0 Å². The summed E-state index contributed by atoms with van der Waals surface area (Å²) in [7, 11) is 2.16. The Hall–Kier alpha value is -0.610. The van der Waals surface area contributed by atoms with Crippen molar-refractivity contribution in [1.29, 1.82) is 0 Å². The van der Waals surface area contributed by atoms with Gasteiger partial charge in [0.15, 0.2) is 0 Å². The molecule has 1 heterocycles. The normalized spacial score (nSPS) is 26.6. The molecule has 0 spiro atoms. The van der Waals surface area contributed by atoms with E-state index in [1.54, 1.807) is 0 Å². The van der Waals surface area contributed by atoms with E-state index in [-0.39, 0.29) is 17.9 Å². The molecule has 20 heavy (non-hydrogen) atoms. The molecule has 116 valence electrons. The Morgan fingerprint density at radius 2 is 2.10 bits per heavy atom. The molecule has 1 saturated carbocycles. The Bertz CT molecular complexity index is 314. The number of aliphatic hydroxyl groups is 1. The van der Waals surface area contributed by atoms with Crippen molar-refractivity contribution in [3.05, 3.63) is 0 Å². The fourth-order valence-corrected chi connectivity index (χ4v) is 3.73. The first-order valence-corrected chi connectivity index (χ1v) is 8.20. The van der Waals surface area contributed by atoms with E-state index in [2.05, 4.69) is 17.3 Å². The number of amides is 1. The Morgan fingerprint density at radius 3 is 2.75 bits per heavy atom. The topological polar surface area (TPSA) is 52.6 Å². The van der Waals surface area contributed by atoms with E-state index in [1.807, 2.05) is 0 Å². The monoisotopic (exact) mass is 282 g/mol. The number of aliphatic hydroxyl groups excluding tert-OH is 1. The number of nitrogens with one attached hydrogen (secondary N) is 1. The first-order valence-electron chi connectivity index (χ1n) is 8.20. The van der Waals surface area contributed by atoms with Gasteiger partial charge in [-0.3, -0.25) is 4.79 Å². The Kier molecular flexibility index (Phi) is 5.85. The Morgan fingerprint density at radius 1 is 1.35 bits per heavy atom. The van der Waals surface area contributed by atoms with Crippen LogP contribution in [0.25, 0.3) is 0 Å². The molecular weight excluding hydrogens is 252 g/mol. The maximum absolute atomic E-state index is 12.0. The van der Waals surface area contributed by atoms with Crippen LogP contribution in [-0.4, -0.2) is 49.2 Å². The molecule has 0 radical (unpaired) electrons. The highest BCUT2D eigenvalue weighted by molar-refractivity contribution is 5.75. The molecule has 1 atom stereocenters. The molecule has 0 unspecified atom stereocenters. The molecule has 0 aromatic rings. The predicted octanol–water partition coefficient (Wildman–Crippen LogP) is 1.78. The molecular formula is C16H30N2O2. The van der Waals surface area contributed by atoms with Crippen LogP contribution in [0.2, 0.25) is 0 Å². The maximum atomic E-state index is 12.0. The second-order valence-corrected chi connectivity index (χ2v) is 6.95. The standard InChI is InChI=1S/C16H30N2O2/c1-18-10-4-5-14(11-18)6-7-15(20)17-12-16(13-19)8-2-3-9-16/h14,19H,2-13H2,1H3,(H,17,20)/t14-/m1/s1. The SMILES string of the molecule is CN1CCC[C@H](CCC(=O)NCC2(CO)CCCC2)C1. The summed E-state index contributed by atoms with van der Waals surface area (Å²) in [6, 6.07) is 0. The number of carbonyl (C=O) groups is 1. The Labute approximate surface area is 122 Å². The van der Waals surface area contributed by atoms with Crippen LogP contribution in [0.1, 0.15) is 51.4 Å². The van der Waals surface area contributed by atoms with Crippen LogP contribution in [0.3, 0.4) is 0 Å². The van der Waals surface area contributed by atoms with E-state index in [1.165, 1.54) is 32.2 Å². The first-order chi connectivity index (χ1) is 9.63. The number of hydrogen-bond acceptors (Lipinski definition) is 3. The predicted molar refractivity (Wildman–Crippen MR) is 80.5 cm³/mol. The summed E-state index contributed by atoms with van der Waals surface area (Å²) in [6.45, 7) is 3.20. The highest BCUT2D eigenvalue weighted by atomic mass is 16.3. The summed E-state index contributed by atoms with van der Waals surface area (Å²) < 4.78 is 0. The molecule has 4 nitrogen and oxygen atoms in total. The first kappa shape index (κ1) is 15.8. The minimum absolute atomic E-state index is 0.0271. The number of nitrogens with zero attached hydrogens (tertiary/aromatic N) is 1. The van der Waals surface area contributed by atoms with Crippen LogP contribution < -0.4 is 5.32 Å². The van der Waals surface area contributed by atoms with Crippen molar-refractivity contribution in [2.45, 2.75) is 51.4 Å². The third kappa shape index (κ3) is 4.45. The van der Waals surface area contributed by atoms with Crippen LogP contribution in [-0.2, 0) is 4.79 Å². The lowest BCUT2D eigenvalue weighted by Gasteiger charge is -2.30. The molecule has 2 rings (SSSR count). The second kappa shape index (κ2) is 7.41. The van der Waals surface area contributed by atoms with Crippen LogP contribution in [0.5, 0.6) is 0 Å². The zero-order valence-electron chi connectivity index (χ0n) is 12.9. The molecule has 1 saturated heterocycles. The second-order valence-electron chi connectivity index (χ2n) is 6.95. The minimum Gasteiger partial charge on any atom is -0.396 e. The van der Waals surface area contributed by atoms with Gasteiger partial charge in [-0.25, -0.2) is 0 Å². The smallest absolute Gasteiger partial charge is 0.220 e. The lowest BCUT2D eigenvalue weighted by molar-refractivity contribution is -0.122. The van der Waals surface area contributed by atoms with Gasteiger partial charge in [0.25, 0.3) is 0 Å². The highest BCUT2D eigenvalue weighted by Crippen LogP contribution is 2.36. The lowest BCUT2D eigenvalue weighted by atomic mass is 9.87. The van der Waals surface area contributed by atoms with Crippen molar-refractivity contribution >= 4 is 5.91 Å². The highest BCUT2D eigenvalue weighted by Gasteiger charge is 2.33. The van der Waals surface area contributed by atoms with Gasteiger partial charge in [0, 0.05) is 24.9 Å². The zero-order chi connectivity index (χ0) is 14.4. The largest absolute Gasteiger partial charge is 0.396 e. The fourth-order valence-electron chi connectivity index (χ4n) is 3.73. The minimum atomic E-state index is -0.0271. The van der Waals surface area contributed by atoms with Crippen LogP contribution >= 0.6 is 0 Å². The van der Waals surface area contributed by atoms with Gasteiger partial charge in [-0.1, -0.05) is 12.8 Å². The van der Waals surface area contributed by atoms with Crippen molar-refractivity contribution in [2.24, 2.45) is 11.3 Å². The third-order valence-electron chi connectivity index (χ3n) is 5.16.